The molecule has 1 heterocycles. The number of ether oxygens (including phenoxy) is 1. The Hall–Kier alpha value is -2.32. The topological polar surface area (TPSA) is 98.2 Å². The van der Waals surface area contributed by atoms with Crippen molar-refractivity contribution in [1.82, 2.24) is 14.9 Å². The number of hydrogen-bond acceptors (Lipinski definition) is 6. The Morgan fingerprint density at radius 3 is 2.45 bits per heavy atom. The summed E-state index contributed by atoms with van der Waals surface area (Å²) < 4.78 is 30.9. The van der Waals surface area contributed by atoms with E-state index in [1.165, 1.54) is 19.2 Å². The summed E-state index contributed by atoms with van der Waals surface area (Å²) >= 11 is 0. The number of sulfonamides is 1. The van der Waals surface area contributed by atoms with Crippen LogP contribution in [0.3, 0.4) is 0 Å². The van der Waals surface area contributed by atoms with Gasteiger partial charge in [0.15, 0.2) is 5.69 Å². The second kappa shape index (κ2) is 7.10. The summed E-state index contributed by atoms with van der Waals surface area (Å²) in [5.74, 6) is -0.703. The molecule has 0 radical (unpaired) electrons. The van der Waals surface area contributed by atoms with Crippen molar-refractivity contribution in [3.8, 4) is 0 Å². The molecule has 1 aromatic carbocycles. The lowest BCUT2D eigenvalue weighted by molar-refractivity contribution is 0.0592. The van der Waals surface area contributed by atoms with E-state index in [-0.39, 0.29) is 18.0 Å². The number of hydrogen-bond donors (Lipinski definition) is 1. The first-order valence-corrected chi connectivity index (χ1v) is 8.07. The van der Waals surface area contributed by atoms with Gasteiger partial charge >= 0.3 is 5.97 Å². The molecule has 0 amide bonds. The van der Waals surface area contributed by atoms with Gasteiger partial charge in [-0.1, -0.05) is 30.3 Å². The van der Waals surface area contributed by atoms with Crippen molar-refractivity contribution in [2.45, 2.75) is 12.3 Å². The maximum atomic E-state index is 12.0. The molecule has 8 heteroatoms. The smallest absolute Gasteiger partial charge is 0.358 e. The summed E-state index contributed by atoms with van der Waals surface area (Å²) in [5.41, 5.74) is 1.17. The van der Waals surface area contributed by atoms with Gasteiger partial charge in [-0.15, -0.1) is 5.10 Å². The second-order valence-corrected chi connectivity index (χ2v) is 6.27. The standard InChI is InChI=1S/C14H15N3O4S/c1-21-14(18)13-8-7-12(16-17-13)9-15-22(19,20)10-11-5-3-2-4-6-11/h2-8,15H,9-10H2,1H3. The lowest BCUT2D eigenvalue weighted by Crippen LogP contribution is -2.25. The van der Waals surface area contributed by atoms with Crippen LogP contribution in [0.25, 0.3) is 0 Å². The van der Waals surface area contributed by atoms with Gasteiger partial charge in [-0.05, 0) is 17.7 Å². The Bertz CT molecular complexity index is 730. The number of esters is 1. The molecule has 0 aliphatic heterocycles. The van der Waals surface area contributed by atoms with Crippen LogP contribution in [0.5, 0.6) is 0 Å². The van der Waals surface area contributed by atoms with E-state index >= 15 is 0 Å². The lowest BCUT2D eigenvalue weighted by Gasteiger charge is -2.06. The van der Waals surface area contributed by atoms with Gasteiger partial charge in [0.2, 0.25) is 10.0 Å². The van der Waals surface area contributed by atoms with Crippen molar-refractivity contribution >= 4 is 16.0 Å². The molecule has 116 valence electrons. The van der Waals surface area contributed by atoms with Crippen LogP contribution in [0.2, 0.25) is 0 Å². The highest BCUT2D eigenvalue weighted by Gasteiger charge is 2.12. The third-order valence-corrected chi connectivity index (χ3v) is 4.08. The Labute approximate surface area is 128 Å². The molecular weight excluding hydrogens is 306 g/mol. The van der Waals surface area contributed by atoms with E-state index < -0.39 is 16.0 Å². The van der Waals surface area contributed by atoms with Crippen LogP contribution in [0.1, 0.15) is 21.7 Å². The molecule has 0 aliphatic carbocycles. The van der Waals surface area contributed by atoms with Crippen molar-refractivity contribution in [3.63, 3.8) is 0 Å². The third kappa shape index (κ3) is 4.61. The van der Waals surface area contributed by atoms with E-state index in [1.807, 2.05) is 6.07 Å². The minimum absolute atomic E-state index is 0.00359. The van der Waals surface area contributed by atoms with E-state index in [1.54, 1.807) is 24.3 Å². The molecule has 0 saturated heterocycles. The zero-order chi connectivity index (χ0) is 16.0. The predicted molar refractivity (Wildman–Crippen MR) is 79.3 cm³/mol. The Kier molecular flexibility index (Phi) is 5.18. The molecule has 0 atom stereocenters. The summed E-state index contributed by atoms with van der Waals surface area (Å²) in [6.45, 7) is 0.00359. The highest BCUT2D eigenvalue weighted by Crippen LogP contribution is 2.05. The zero-order valence-electron chi connectivity index (χ0n) is 11.9. The summed E-state index contributed by atoms with van der Waals surface area (Å²) in [4.78, 5) is 11.2. The van der Waals surface area contributed by atoms with Crippen LogP contribution < -0.4 is 4.72 Å². The zero-order valence-corrected chi connectivity index (χ0v) is 12.7. The van der Waals surface area contributed by atoms with Crippen LogP contribution >= 0.6 is 0 Å². The van der Waals surface area contributed by atoms with Gasteiger partial charge in [-0.2, -0.15) is 5.10 Å². The number of methoxy groups -OCH3 is 1. The maximum Gasteiger partial charge on any atom is 0.358 e. The number of nitrogens with one attached hydrogen (secondary N) is 1. The van der Waals surface area contributed by atoms with Crippen molar-refractivity contribution in [2.24, 2.45) is 0 Å². The molecular formula is C14H15N3O4S. The molecule has 0 saturated carbocycles. The Morgan fingerprint density at radius 2 is 1.86 bits per heavy atom. The third-order valence-electron chi connectivity index (χ3n) is 2.79. The van der Waals surface area contributed by atoms with E-state index in [0.717, 1.165) is 0 Å². The summed E-state index contributed by atoms with van der Waals surface area (Å²) in [5, 5.41) is 7.45. The number of aromatic nitrogens is 2. The highest BCUT2D eigenvalue weighted by molar-refractivity contribution is 7.88. The quantitative estimate of drug-likeness (QED) is 0.793. The van der Waals surface area contributed by atoms with Gasteiger partial charge < -0.3 is 4.74 Å². The van der Waals surface area contributed by atoms with Gasteiger partial charge in [-0.25, -0.2) is 17.9 Å². The van der Waals surface area contributed by atoms with Gasteiger partial charge in [0.25, 0.3) is 0 Å². The average molecular weight is 321 g/mol. The number of rotatable bonds is 6. The average Bonchev–Trinajstić information content (AvgIpc) is 2.53. The number of benzene rings is 1. The van der Waals surface area contributed by atoms with E-state index in [9.17, 15) is 13.2 Å². The molecule has 0 unspecified atom stereocenters. The van der Waals surface area contributed by atoms with Crippen molar-refractivity contribution in [2.75, 3.05) is 7.11 Å². The van der Waals surface area contributed by atoms with E-state index in [0.29, 0.717) is 11.3 Å². The summed E-state index contributed by atoms with van der Waals surface area (Å²) in [6.07, 6.45) is 0. The van der Waals surface area contributed by atoms with Gasteiger partial charge in [0.05, 0.1) is 25.1 Å². The summed E-state index contributed by atoms with van der Waals surface area (Å²) in [7, 11) is -2.23. The second-order valence-electron chi connectivity index (χ2n) is 4.47. The predicted octanol–water partition coefficient (Wildman–Crippen LogP) is 0.883. The van der Waals surface area contributed by atoms with Crippen LogP contribution in [0.15, 0.2) is 42.5 Å². The van der Waals surface area contributed by atoms with Crippen molar-refractivity contribution < 1.29 is 17.9 Å². The van der Waals surface area contributed by atoms with Gasteiger partial charge in [0.1, 0.15) is 0 Å². The van der Waals surface area contributed by atoms with Gasteiger partial charge in [-0.3, -0.25) is 0 Å². The molecule has 0 aliphatic rings. The first-order chi connectivity index (χ1) is 10.5. The molecule has 0 bridgehead atoms. The van der Waals surface area contributed by atoms with Crippen LogP contribution in [-0.2, 0) is 27.1 Å². The number of carbonyl (C=O) groups excluding carboxylic acids is 1. The fraction of sp³-hybridized carbons (Fsp3) is 0.214. The minimum Gasteiger partial charge on any atom is -0.464 e. The number of carbonyl (C=O) groups is 1. The van der Waals surface area contributed by atoms with E-state index in [4.69, 9.17) is 0 Å². The van der Waals surface area contributed by atoms with Gasteiger partial charge in [0, 0.05) is 0 Å². The van der Waals surface area contributed by atoms with Crippen LogP contribution in [0.4, 0.5) is 0 Å². The molecule has 22 heavy (non-hydrogen) atoms. The fourth-order valence-corrected chi connectivity index (χ4v) is 2.80. The monoisotopic (exact) mass is 321 g/mol. The molecule has 2 rings (SSSR count). The van der Waals surface area contributed by atoms with Crippen molar-refractivity contribution in [1.29, 1.82) is 0 Å². The Balaban J connectivity index is 1.95. The summed E-state index contributed by atoms with van der Waals surface area (Å²) in [6, 6.07) is 11.8. The number of nitrogens with zero attached hydrogens (tertiary/aromatic N) is 2. The normalized spacial score (nSPS) is 11.1. The molecule has 7 nitrogen and oxygen atoms in total. The lowest BCUT2D eigenvalue weighted by atomic mass is 10.2. The minimum atomic E-state index is -3.47. The van der Waals surface area contributed by atoms with Crippen LogP contribution in [0, 0.1) is 0 Å². The molecule has 1 aromatic heterocycles. The first kappa shape index (κ1) is 16.1. The highest BCUT2D eigenvalue weighted by atomic mass is 32.2. The van der Waals surface area contributed by atoms with E-state index in [2.05, 4.69) is 19.7 Å². The molecule has 0 spiro atoms. The SMILES string of the molecule is COC(=O)c1ccc(CNS(=O)(=O)Cc2ccccc2)nn1. The Morgan fingerprint density at radius 1 is 1.14 bits per heavy atom. The van der Waals surface area contributed by atoms with Crippen molar-refractivity contribution in [3.05, 3.63) is 59.4 Å². The maximum absolute atomic E-state index is 12.0. The molecule has 0 fully saturated rings. The molecule has 2 aromatic rings. The van der Waals surface area contributed by atoms with Crippen LogP contribution in [-0.4, -0.2) is 31.7 Å². The molecule has 1 N–H and O–H groups in total. The fourth-order valence-electron chi connectivity index (χ4n) is 1.70. The largest absolute Gasteiger partial charge is 0.464 e. The first-order valence-electron chi connectivity index (χ1n) is 6.42.